The molecule has 5 nitrogen and oxygen atoms in total. The van der Waals surface area contributed by atoms with E-state index in [1.807, 2.05) is 0 Å². The summed E-state index contributed by atoms with van der Waals surface area (Å²) in [6.45, 7) is 8.62. The second kappa shape index (κ2) is 5.13. The summed E-state index contributed by atoms with van der Waals surface area (Å²) in [6.07, 6.45) is 3.36. The van der Waals surface area contributed by atoms with Crippen molar-refractivity contribution in [3.63, 3.8) is 0 Å². The molecule has 0 aromatic rings. The monoisotopic (exact) mass is 296 g/mol. The van der Waals surface area contributed by atoms with E-state index in [0.717, 1.165) is 12.3 Å². The lowest BCUT2D eigenvalue weighted by Crippen LogP contribution is -2.55. The molecule has 0 aromatic heterocycles. The Morgan fingerprint density at radius 3 is 2.76 bits per heavy atom. The van der Waals surface area contributed by atoms with Gasteiger partial charge in [-0.05, 0) is 36.0 Å². The maximum absolute atomic E-state index is 12.5. The average molecular weight is 296 g/mol. The average Bonchev–Trinajstić information content (AvgIpc) is 2.80. The molecule has 2 bridgehead atoms. The van der Waals surface area contributed by atoms with E-state index in [2.05, 4.69) is 26.1 Å². The fourth-order valence-corrected chi connectivity index (χ4v) is 4.68. The van der Waals surface area contributed by atoms with Crippen LogP contribution < -0.4 is 5.32 Å². The molecule has 5 heteroatoms. The molecule has 1 aliphatic heterocycles. The quantitative estimate of drug-likeness (QED) is 0.814. The smallest absolute Gasteiger partial charge is 0.317 e. The van der Waals surface area contributed by atoms with Crippen molar-refractivity contribution in [2.75, 3.05) is 26.3 Å². The molecule has 1 heterocycles. The third-order valence-corrected chi connectivity index (χ3v) is 6.72. The number of nitrogens with zero attached hydrogens (tertiary/aromatic N) is 1. The first-order valence-corrected chi connectivity index (χ1v) is 8.16. The van der Waals surface area contributed by atoms with Crippen molar-refractivity contribution in [3.8, 4) is 0 Å². The number of carbonyl (C=O) groups excluding carboxylic acids is 1. The summed E-state index contributed by atoms with van der Waals surface area (Å²) in [5, 5.41) is 12.5. The fourth-order valence-electron chi connectivity index (χ4n) is 4.68. The van der Waals surface area contributed by atoms with Crippen LogP contribution in [0.5, 0.6) is 0 Å². The van der Waals surface area contributed by atoms with Gasteiger partial charge < -0.3 is 20.1 Å². The third-order valence-electron chi connectivity index (χ3n) is 6.72. The zero-order valence-electron chi connectivity index (χ0n) is 13.4. The number of ether oxygens (including phenoxy) is 1. The van der Waals surface area contributed by atoms with E-state index in [1.54, 1.807) is 4.90 Å². The Hall–Kier alpha value is -0.810. The predicted molar refractivity (Wildman–Crippen MR) is 79.9 cm³/mol. The van der Waals surface area contributed by atoms with Crippen LogP contribution in [0.3, 0.4) is 0 Å². The Morgan fingerprint density at radius 1 is 1.43 bits per heavy atom. The minimum Gasteiger partial charge on any atom is -0.394 e. The summed E-state index contributed by atoms with van der Waals surface area (Å²) >= 11 is 0. The molecular weight excluding hydrogens is 268 g/mol. The largest absolute Gasteiger partial charge is 0.394 e. The Labute approximate surface area is 127 Å². The molecule has 2 saturated carbocycles. The summed E-state index contributed by atoms with van der Waals surface area (Å²) in [4.78, 5) is 14.3. The first kappa shape index (κ1) is 15.1. The molecule has 21 heavy (non-hydrogen) atoms. The summed E-state index contributed by atoms with van der Waals surface area (Å²) in [7, 11) is 0. The fraction of sp³-hybridized carbons (Fsp3) is 0.938. The number of rotatable bonds is 2. The van der Waals surface area contributed by atoms with Crippen molar-refractivity contribution in [2.24, 2.45) is 16.7 Å². The van der Waals surface area contributed by atoms with Crippen LogP contribution in [0.15, 0.2) is 0 Å². The number of morpholine rings is 1. The Morgan fingerprint density at radius 2 is 2.19 bits per heavy atom. The lowest BCUT2D eigenvalue weighted by atomic mass is 9.69. The number of hydrogen-bond acceptors (Lipinski definition) is 3. The molecule has 0 aromatic carbocycles. The van der Waals surface area contributed by atoms with Gasteiger partial charge in [-0.1, -0.05) is 20.8 Å². The Balaban J connectivity index is 1.64. The normalized spacial score (nSPS) is 41.3. The number of amides is 2. The van der Waals surface area contributed by atoms with Gasteiger partial charge in [0.2, 0.25) is 0 Å². The lowest BCUT2D eigenvalue weighted by Gasteiger charge is -2.41. The van der Waals surface area contributed by atoms with E-state index in [0.29, 0.717) is 25.1 Å². The molecule has 0 radical (unpaired) electrons. The van der Waals surface area contributed by atoms with Crippen LogP contribution in [0.4, 0.5) is 4.79 Å². The molecular formula is C16H28N2O3. The van der Waals surface area contributed by atoms with E-state index in [-0.39, 0.29) is 30.2 Å². The predicted octanol–water partition coefficient (Wildman–Crippen LogP) is 1.60. The molecule has 4 unspecified atom stereocenters. The van der Waals surface area contributed by atoms with Gasteiger partial charge in [0.1, 0.15) is 0 Å². The highest BCUT2D eigenvalue weighted by Gasteiger charge is 2.61. The van der Waals surface area contributed by atoms with E-state index in [9.17, 15) is 9.90 Å². The van der Waals surface area contributed by atoms with Crippen molar-refractivity contribution in [1.82, 2.24) is 10.2 Å². The third kappa shape index (κ3) is 2.25. The molecule has 1 saturated heterocycles. The van der Waals surface area contributed by atoms with E-state index in [1.165, 1.54) is 12.8 Å². The highest BCUT2D eigenvalue weighted by molar-refractivity contribution is 5.75. The van der Waals surface area contributed by atoms with Crippen molar-refractivity contribution in [3.05, 3.63) is 0 Å². The minimum absolute atomic E-state index is 0.00586. The van der Waals surface area contributed by atoms with Gasteiger partial charge >= 0.3 is 6.03 Å². The summed E-state index contributed by atoms with van der Waals surface area (Å²) < 4.78 is 5.41. The summed E-state index contributed by atoms with van der Waals surface area (Å²) in [5.41, 5.74) is 0.513. The number of carbonyl (C=O) groups is 1. The summed E-state index contributed by atoms with van der Waals surface area (Å²) in [5.74, 6) is 0.725. The second-order valence-electron chi connectivity index (χ2n) is 7.73. The Kier molecular flexibility index (Phi) is 3.69. The zero-order valence-corrected chi connectivity index (χ0v) is 13.4. The molecule has 3 aliphatic rings. The highest BCUT2D eigenvalue weighted by Crippen LogP contribution is 2.65. The van der Waals surface area contributed by atoms with Gasteiger partial charge in [-0.25, -0.2) is 4.79 Å². The Bertz CT molecular complexity index is 426. The van der Waals surface area contributed by atoms with Crippen LogP contribution in [0.2, 0.25) is 0 Å². The number of aliphatic hydroxyl groups excluding tert-OH is 1. The van der Waals surface area contributed by atoms with Crippen LogP contribution in [0.25, 0.3) is 0 Å². The van der Waals surface area contributed by atoms with Crippen LogP contribution in [0, 0.1) is 16.7 Å². The van der Waals surface area contributed by atoms with Crippen LogP contribution in [-0.2, 0) is 4.74 Å². The first-order valence-electron chi connectivity index (χ1n) is 8.16. The van der Waals surface area contributed by atoms with E-state index in [4.69, 9.17) is 4.74 Å². The van der Waals surface area contributed by atoms with Gasteiger partial charge in [-0.2, -0.15) is 0 Å². The van der Waals surface area contributed by atoms with Crippen LogP contribution in [0.1, 0.15) is 40.0 Å². The van der Waals surface area contributed by atoms with Crippen molar-refractivity contribution in [2.45, 2.75) is 52.2 Å². The molecule has 2 amide bonds. The van der Waals surface area contributed by atoms with Gasteiger partial charge in [0.05, 0.1) is 25.9 Å². The number of hydrogen-bond donors (Lipinski definition) is 2. The standard InChI is InChI=1S/C16H28N2O3/c1-15(2)11-4-5-16(15,3)13(8-11)17-14(20)18-6-7-21-12(9-18)10-19/h11-13,19H,4-10H2,1-3H3,(H,17,20). The topological polar surface area (TPSA) is 61.8 Å². The molecule has 2 N–H and O–H groups in total. The molecule has 2 aliphatic carbocycles. The van der Waals surface area contributed by atoms with Gasteiger partial charge in [0.25, 0.3) is 0 Å². The zero-order chi connectivity index (χ0) is 15.3. The van der Waals surface area contributed by atoms with Crippen LogP contribution in [-0.4, -0.2) is 54.5 Å². The molecule has 120 valence electrons. The van der Waals surface area contributed by atoms with Gasteiger partial charge in [-0.3, -0.25) is 0 Å². The minimum atomic E-state index is -0.239. The van der Waals surface area contributed by atoms with Gasteiger partial charge in [0.15, 0.2) is 0 Å². The van der Waals surface area contributed by atoms with Gasteiger partial charge in [-0.15, -0.1) is 0 Å². The lowest BCUT2D eigenvalue weighted by molar-refractivity contribution is -0.0410. The van der Waals surface area contributed by atoms with Crippen molar-refractivity contribution < 1.29 is 14.6 Å². The molecule has 0 spiro atoms. The number of nitrogens with one attached hydrogen (secondary N) is 1. The van der Waals surface area contributed by atoms with Crippen LogP contribution >= 0.6 is 0 Å². The van der Waals surface area contributed by atoms with E-state index < -0.39 is 0 Å². The van der Waals surface area contributed by atoms with Crippen molar-refractivity contribution >= 4 is 6.03 Å². The number of urea groups is 1. The SMILES string of the molecule is CC1(C)C2CCC1(C)C(NC(=O)N1CCOC(CO)C1)C2. The first-order chi connectivity index (χ1) is 9.88. The highest BCUT2D eigenvalue weighted by atomic mass is 16.5. The number of fused-ring (bicyclic) bond motifs is 2. The maximum atomic E-state index is 12.5. The molecule has 3 fully saturated rings. The molecule has 4 atom stereocenters. The maximum Gasteiger partial charge on any atom is 0.317 e. The summed E-state index contributed by atoms with van der Waals surface area (Å²) in [6, 6.07) is 0.278. The van der Waals surface area contributed by atoms with E-state index >= 15 is 0 Å². The second-order valence-corrected chi connectivity index (χ2v) is 7.73. The van der Waals surface area contributed by atoms with Crippen molar-refractivity contribution in [1.29, 1.82) is 0 Å². The van der Waals surface area contributed by atoms with Gasteiger partial charge in [0, 0.05) is 12.6 Å². The molecule has 3 rings (SSSR count). The number of aliphatic hydroxyl groups is 1.